The van der Waals surface area contributed by atoms with E-state index in [0.717, 1.165) is 16.2 Å². The quantitative estimate of drug-likeness (QED) is 0.613. The van der Waals surface area contributed by atoms with E-state index < -0.39 is 15.4 Å². The molecule has 1 N–H and O–H groups in total. The fraction of sp³-hybridized carbons (Fsp3) is 0.412. The van der Waals surface area contributed by atoms with Crippen LogP contribution >= 0.6 is 11.8 Å². The number of aromatic nitrogens is 2. The fourth-order valence-electron chi connectivity index (χ4n) is 3.08. The molecule has 0 saturated carbocycles. The molecule has 25 heavy (non-hydrogen) atoms. The largest absolute Gasteiger partial charge is 0.349 e. The summed E-state index contributed by atoms with van der Waals surface area (Å²) < 4.78 is 25.3. The van der Waals surface area contributed by atoms with Crippen LogP contribution in [-0.2, 0) is 21.2 Å². The minimum Gasteiger partial charge on any atom is -0.349 e. The first-order chi connectivity index (χ1) is 11.8. The lowest BCUT2D eigenvalue weighted by atomic mass is 10.0. The molecule has 0 bridgehead atoms. The van der Waals surface area contributed by atoms with Crippen LogP contribution in [0.25, 0.3) is 11.0 Å². The highest BCUT2D eigenvalue weighted by Crippen LogP contribution is 2.26. The van der Waals surface area contributed by atoms with Gasteiger partial charge in [-0.1, -0.05) is 30.0 Å². The number of allylic oxidation sites excluding steroid dienone is 1. The van der Waals surface area contributed by atoms with Crippen LogP contribution in [0.1, 0.15) is 13.3 Å². The molecule has 0 spiro atoms. The van der Waals surface area contributed by atoms with Crippen LogP contribution < -0.4 is 5.32 Å². The highest BCUT2D eigenvalue weighted by atomic mass is 32.2. The van der Waals surface area contributed by atoms with E-state index in [0.29, 0.717) is 13.0 Å². The number of imidazole rings is 1. The smallest absolute Gasteiger partial charge is 0.230 e. The van der Waals surface area contributed by atoms with Gasteiger partial charge in [-0.2, -0.15) is 0 Å². The van der Waals surface area contributed by atoms with Gasteiger partial charge in [-0.25, -0.2) is 13.4 Å². The lowest BCUT2D eigenvalue weighted by molar-refractivity contribution is -0.120. The average molecular weight is 380 g/mol. The Morgan fingerprint density at radius 3 is 2.92 bits per heavy atom. The average Bonchev–Trinajstić information content (AvgIpc) is 3.03. The van der Waals surface area contributed by atoms with Gasteiger partial charge in [-0.15, -0.1) is 6.58 Å². The molecule has 1 aliphatic rings. The van der Waals surface area contributed by atoms with Gasteiger partial charge in [0.1, 0.15) is 0 Å². The highest BCUT2D eigenvalue weighted by Gasteiger charge is 2.39. The van der Waals surface area contributed by atoms with Crippen LogP contribution in [0.2, 0.25) is 0 Å². The number of nitrogens with zero attached hydrogens (tertiary/aromatic N) is 2. The second-order valence-corrected chi connectivity index (χ2v) is 9.65. The molecule has 0 unspecified atom stereocenters. The summed E-state index contributed by atoms with van der Waals surface area (Å²) in [5.74, 6) is 0.148. The number of fused-ring (bicyclic) bond motifs is 1. The van der Waals surface area contributed by atoms with Gasteiger partial charge in [-0.3, -0.25) is 4.79 Å². The molecule has 134 valence electrons. The number of hydrogen-bond donors (Lipinski definition) is 1. The van der Waals surface area contributed by atoms with E-state index in [4.69, 9.17) is 0 Å². The van der Waals surface area contributed by atoms with Crippen molar-refractivity contribution in [3.05, 3.63) is 36.9 Å². The summed E-state index contributed by atoms with van der Waals surface area (Å²) >= 11 is 1.35. The van der Waals surface area contributed by atoms with Crippen LogP contribution in [-0.4, -0.2) is 46.7 Å². The summed E-state index contributed by atoms with van der Waals surface area (Å²) in [5.41, 5.74) is 1.21. The van der Waals surface area contributed by atoms with Gasteiger partial charge in [0.25, 0.3) is 0 Å². The number of carbonyl (C=O) groups excluding carboxylic acids is 1. The van der Waals surface area contributed by atoms with Crippen molar-refractivity contribution in [2.75, 3.05) is 17.3 Å². The van der Waals surface area contributed by atoms with Gasteiger partial charge in [0.2, 0.25) is 5.91 Å². The highest BCUT2D eigenvalue weighted by molar-refractivity contribution is 7.99. The number of sulfone groups is 1. The SMILES string of the molecule is C=CCn1c(SCC(=O)N[C@@]2(C)CCS(=O)(=O)C2)nc2ccccc21. The third-order valence-corrected chi connectivity index (χ3v) is 7.09. The standard InChI is InChI=1S/C17H21N3O3S2/c1-3-9-20-14-7-5-4-6-13(14)18-16(20)24-11-15(21)19-17(2)8-10-25(22,23)12-17/h3-7H,1,8-12H2,2H3,(H,19,21)/t17-/m0/s1. The van der Waals surface area contributed by atoms with Gasteiger partial charge in [0.05, 0.1) is 33.8 Å². The Bertz CT molecular complexity index is 920. The first kappa shape index (κ1) is 18.0. The second-order valence-electron chi connectivity index (χ2n) is 6.52. The molecule has 1 saturated heterocycles. The van der Waals surface area contributed by atoms with Crippen LogP contribution in [0.4, 0.5) is 0 Å². The zero-order chi connectivity index (χ0) is 18.1. The number of amides is 1. The van der Waals surface area contributed by atoms with Gasteiger partial charge >= 0.3 is 0 Å². The fourth-order valence-corrected chi connectivity index (χ4v) is 6.00. The zero-order valence-corrected chi connectivity index (χ0v) is 15.7. The first-order valence-corrected chi connectivity index (χ1v) is 10.8. The maximum Gasteiger partial charge on any atom is 0.230 e. The first-order valence-electron chi connectivity index (χ1n) is 8.02. The maximum absolute atomic E-state index is 12.3. The predicted molar refractivity (Wildman–Crippen MR) is 100 cm³/mol. The zero-order valence-electron chi connectivity index (χ0n) is 14.1. The molecule has 0 aliphatic carbocycles. The van der Waals surface area contributed by atoms with E-state index in [1.165, 1.54) is 11.8 Å². The number of nitrogens with one attached hydrogen (secondary N) is 1. The maximum atomic E-state index is 12.3. The van der Waals surface area contributed by atoms with E-state index in [1.54, 1.807) is 13.0 Å². The Labute approximate surface area is 151 Å². The number of thioether (sulfide) groups is 1. The molecule has 1 aromatic carbocycles. The Balaban J connectivity index is 1.69. The summed E-state index contributed by atoms with van der Waals surface area (Å²) in [5, 5.41) is 3.62. The van der Waals surface area contributed by atoms with Crippen molar-refractivity contribution < 1.29 is 13.2 Å². The number of hydrogen-bond acceptors (Lipinski definition) is 5. The summed E-state index contributed by atoms with van der Waals surface area (Å²) in [6.45, 7) is 6.17. The van der Waals surface area contributed by atoms with Gasteiger partial charge in [0.15, 0.2) is 15.0 Å². The third-order valence-electron chi connectivity index (χ3n) is 4.21. The minimum atomic E-state index is -3.05. The summed E-state index contributed by atoms with van der Waals surface area (Å²) in [7, 11) is -3.05. The van der Waals surface area contributed by atoms with Gasteiger partial charge in [0, 0.05) is 6.54 Å². The van der Waals surface area contributed by atoms with E-state index >= 15 is 0 Å². The number of carbonyl (C=O) groups is 1. The lowest BCUT2D eigenvalue weighted by Gasteiger charge is -2.23. The molecule has 1 atom stereocenters. The van der Waals surface area contributed by atoms with Crippen LogP contribution in [0.3, 0.4) is 0 Å². The Morgan fingerprint density at radius 1 is 1.48 bits per heavy atom. The van der Waals surface area contributed by atoms with Crippen molar-refractivity contribution in [1.82, 2.24) is 14.9 Å². The third kappa shape index (κ3) is 4.07. The molecule has 1 aromatic heterocycles. The molecule has 1 amide bonds. The molecular formula is C17H21N3O3S2. The molecule has 8 heteroatoms. The Hall–Kier alpha value is -1.80. The van der Waals surface area contributed by atoms with Gasteiger partial charge < -0.3 is 9.88 Å². The molecule has 1 aliphatic heterocycles. The normalized spacial score (nSPS) is 22.1. The number of para-hydroxylation sites is 2. The van der Waals surface area contributed by atoms with Crippen molar-refractivity contribution in [2.24, 2.45) is 0 Å². The van der Waals surface area contributed by atoms with E-state index in [-0.39, 0.29) is 23.2 Å². The Kier molecular flexibility index (Phi) is 4.92. The predicted octanol–water partition coefficient (Wildman–Crippen LogP) is 2.01. The van der Waals surface area contributed by atoms with Crippen molar-refractivity contribution in [3.8, 4) is 0 Å². The van der Waals surface area contributed by atoms with Gasteiger partial charge in [-0.05, 0) is 25.5 Å². The topological polar surface area (TPSA) is 81.1 Å². The van der Waals surface area contributed by atoms with Crippen molar-refractivity contribution in [3.63, 3.8) is 0 Å². The molecule has 6 nitrogen and oxygen atoms in total. The second kappa shape index (κ2) is 6.84. The van der Waals surface area contributed by atoms with Crippen molar-refractivity contribution >= 4 is 38.5 Å². The molecule has 0 radical (unpaired) electrons. The molecular weight excluding hydrogens is 358 g/mol. The van der Waals surface area contributed by atoms with Crippen molar-refractivity contribution in [1.29, 1.82) is 0 Å². The van der Waals surface area contributed by atoms with Crippen molar-refractivity contribution in [2.45, 2.75) is 30.6 Å². The van der Waals surface area contributed by atoms with E-state index in [9.17, 15) is 13.2 Å². The molecule has 2 aromatic rings. The van der Waals surface area contributed by atoms with E-state index in [2.05, 4.69) is 16.9 Å². The van der Waals surface area contributed by atoms with E-state index in [1.807, 2.05) is 28.8 Å². The van der Waals surface area contributed by atoms with Crippen LogP contribution in [0, 0.1) is 0 Å². The number of benzene rings is 1. The number of rotatable bonds is 6. The molecule has 3 rings (SSSR count). The van der Waals surface area contributed by atoms with Crippen LogP contribution in [0.15, 0.2) is 42.1 Å². The summed E-state index contributed by atoms with van der Waals surface area (Å²) in [4.78, 5) is 16.9. The lowest BCUT2D eigenvalue weighted by Crippen LogP contribution is -2.47. The summed E-state index contributed by atoms with van der Waals surface area (Å²) in [6, 6.07) is 7.80. The minimum absolute atomic E-state index is 0.00534. The summed E-state index contributed by atoms with van der Waals surface area (Å²) in [6.07, 6.45) is 2.25. The Morgan fingerprint density at radius 2 is 2.24 bits per heavy atom. The molecule has 2 heterocycles. The monoisotopic (exact) mass is 379 g/mol. The van der Waals surface area contributed by atoms with Crippen LogP contribution in [0.5, 0.6) is 0 Å². The molecule has 1 fully saturated rings.